The Morgan fingerprint density at radius 3 is 1.75 bits per heavy atom. The highest BCUT2D eigenvalue weighted by Gasteiger charge is 1.94. The second kappa shape index (κ2) is 5.57. The predicted molar refractivity (Wildman–Crippen MR) is 41.7 cm³/mol. The number of halogens is 1. The van der Waals surface area contributed by atoms with Crippen LogP contribution in [0.2, 0.25) is 0 Å². The van der Waals surface area contributed by atoms with Crippen LogP contribution in [-0.2, 0) is 0 Å². The van der Waals surface area contributed by atoms with Crippen molar-refractivity contribution in [3.63, 3.8) is 0 Å². The average molecular weight is 180 g/mol. The zero-order chi connectivity index (χ0) is 4.95. The minimum absolute atomic E-state index is 0. The van der Waals surface area contributed by atoms with Crippen LogP contribution in [0.3, 0.4) is 0 Å². The van der Waals surface area contributed by atoms with E-state index in [1.165, 1.54) is 38.8 Å². The summed E-state index contributed by atoms with van der Waals surface area (Å²) in [5, 5.41) is 3.35. The molecule has 50 valence electrons. The lowest BCUT2D eigenvalue weighted by Gasteiger charge is -1.91. The monoisotopic (exact) mass is 179 g/mol. The second-order valence-corrected chi connectivity index (χ2v) is 2.16. The molecule has 0 aliphatic carbocycles. The Balaban J connectivity index is 0.000000490. The van der Waals surface area contributed by atoms with E-state index in [4.69, 9.17) is 0 Å². The first-order chi connectivity index (χ1) is 3.50. The smallest absolute Gasteiger partial charge is 0.00489 e. The van der Waals surface area contributed by atoms with Gasteiger partial charge in [-0.25, -0.2) is 0 Å². The van der Waals surface area contributed by atoms with Crippen molar-refractivity contribution >= 4 is 17.0 Å². The summed E-state index contributed by atoms with van der Waals surface area (Å²) in [6.07, 6.45) is 5.65. The van der Waals surface area contributed by atoms with Crippen LogP contribution >= 0.6 is 17.0 Å². The summed E-state index contributed by atoms with van der Waals surface area (Å²) in [5.41, 5.74) is 0. The van der Waals surface area contributed by atoms with Gasteiger partial charge in [0.15, 0.2) is 0 Å². The number of rotatable bonds is 0. The van der Waals surface area contributed by atoms with E-state index in [-0.39, 0.29) is 17.0 Å². The van der Waals surface area contributed by atoms with E-state index in [1.54, 1.807) is 0 Å². The molecular weight excluding hydrogens is 166 g/mol. The van der Waals surface area contributed by atoms with Gasteiger partial charge in [-0.05, 0) is 25.9 Å². The summed E-state index contributed by atoms with van der Waals surface area (Å²) in [6.45, 7) is 2.50. The normalized spacial score (nSPS) is 21.0. The summed E-state index contributed by atoms with van der Waals surface area (Å²) < 4.78 is 0. The highest BCUT2D eigenvalue weighted by molar-refractivity contribution is 8.93. The number of nitrogens with one attached hydrogen (secondary N) is 1. The van der Waals surface area contributed by atoms with E-state index in [0.29, 0.717) is 0 Å². The molecule has 0 aromatic heterocycles. The van der Waals surface area contributed by atoms with Gasteiger partial charge in [0, 0.05) is 0 Å². The van der Waals surface area contributed by atoms with Crippen LogP contribution in [0.4, 0.5) is 0 Å². The zero-order valence-corrected chi connectivity index (χ0v) is 6.86. The lowest BCUT2D eigenvalue weighted by molar-refractivity contribution is 0.702. The molecule has 8 heavy (non-hydrogen) atoms. The van der Waals surface area contributed by atoms with Crippen molar-refractivity contribution in [2.75, 3.05) is 13.1 Å². The molecule has 0 radical (unpaired) electrons. The predicted octanol–water partition coefficient (Wildman–Crippen LogP) is 1.73. The molecule has 0 bridgehead atoms. The first-order valence-electron chi connectivity index (χ1n) is 3.21. The van der Waals surface area contributed by atoms with Gasteiger partial charge in [-0.15, -0.1) is 17.0 Å². The molecule has 1 fully saturated rings. The maximum Gasteiger partial charge on any atom is -0.00489 e. The van der Waals surface area contributed by atoms with E-state index < -0.39 is 0 Å². The Morgan fingerprint density at radius 2 is 1.25 bits per heavy atom. The molecule has 2 heteroatoms. The molecule has 0 spiro atoms. The summed E-state index contributed by atoms with van der Waals surface area (Å²) in [4.78, 5) is 0. The van der Waals surface area contributed by atoms with Gasteiger partial charge in [0.2, 0.25) is 0 Å². The zero-order valence-electron chi connectivity index (χ0n) is 5.15. The third-order valence-corrected chi connectivity index (χ3v) is 1.46. The van der Waals surface area contributed by atoms with Crippen molar-refractivity contribution in [1.29, 1.82) is 0 Å². The quantitative estimate of drug-likeness (QED) is 0.598. The van der Waals surface area contributed by atoms with Crippen molar-refractivity contribution in [1.82, 2.24) is 5.32 Å². The minimum Gasteiger partial charge on any atom is -0.317 e. The SMILES string of the molecule is Br.C1CCCNCC1. The molecule has 1 nitrogen and oxygen atoms in total. The van der Waals surface area contributed by atoms with Crippen LogP contribution in [-0.4, -0.2) is 13.1 Å². The van der Waals surface area contributed by atoms with Crippen LogP contribution in [0.1, 0.15) is 25.7 Å². The van der Waals surface area contributed by atoms with E-state index >= 15 is 0 Å². The van der Waals surface area contributed by atoms with Crippen LogP contribution in [0.5, 0.6) is 0 Å². The third-order valence-electron chi connectivity index (χ3n) is 1.46. The van der Waals surface area contributed by atoms with Crippen molar-refractivity contribution in [2.24, 2.45) is 0 Å². The minimum atomic E-state index is 0. The molecule has 1 heterocycles. The molecule has 1 aliphatic heterocycles. The maximum absolute atomic E-state index is 3.35. The Morgan fingerprint density at radius 1 is 0.750 bits per heavy atom. The fourth-order valence-electron chi connectivity index (χ4n) is 0.979. The van der Waals surface area contributed by atoms with Crippen molar-refractivity contribution in [3.8, 4) is 0 Å². The Hall–Kier alpha value is 0.440. The number of hydrogen-bond donors (Lipinski definition) is 1. The lowest BCUT2D eigenvalue weighted by atomic mass is 10.2. The fraction of sp³-hybridized carbons (Fsp3) is 1.00. The van der Waals surface area contributed by atoms with Gasteiger partial charge < -0.3 is 5.32 Å². The Labute approximate surface area is 61.6 Å². The molecule has 0 saturated carbocycles. The second-order valence-electron chi connectivity index (χ2n) is 2.16. The molecule has 0 amide bonds. The largest absolute Gasteiger partial charge is 0.317 e. The average Bonchev–Trinajstić information content (AvgIpc) is 1.90. The van der Waals surface area contributed by atoms with Crippen molar-refractivity contribution in [2.45, 2.75) is 25.7 Å². The first kappa shape index (κ1) is 8.44. The van der Waals surface area contributed by atoms with Crippen LogP contribution in [0, 0.1) is 0 Å². The van der Waals surface area contributed by atoms with Gasteiger partial charge in [0.1, 0.15) is 0 Å². The highest BCUT2D eigenvalue weighted by Crippen LogP contribution is 2.00. The first-order valence-corrected chi connectivity index (χ1v) is 3.21. The molecule has 1 saturated heterocycles. The molecule has 1 N–H and O–H groups in total. The van der Waals surface area contributed by atoms with E-state index in [0.717, 1.165) is 0 Å². The van der Waals surface area contributed by atoms with Gasteiger partial charge in [0.05, 0.1) is 0 Å². The van der Waals surface area contributed by atoms with Gasteiger partial charge in [0.25, 0.3) is 0 Å². The van der Waals surface area contributed by atoms with Gasteiger partial charge in [-0.3, -0.25) is 0 Å². The third kappa shape index (κ3) is 3.44. The van der Waals surface area contributed by atoms with E-state index in [9.17, 15) is 0 Å². The summed E-state index contributed by atoms with van der Waals surface area (Å²) in [6, 6.07) is 0. The molecule has 1 rings (SSSR count). The molecular formula is C6H14BrN. The Bertz CT molecular complexity index is 28.1. The molecule has 0 unspecified atom stereocenters. The number of hydrogen-bond acceptors (Lipinski definition) is 1. The molecule has 0 aromatic carbocycles. The van der Waals surface area contributed by atoms with Crippen molar-refractivity contribution in [3.05, 3.63) is 0 Å². The van der Waals surface area contributed by atoms with E-state index in [1.807, 2.05) is 0 Å². The van der Waals surface area contributed by atoms with Crippen LogP contribution in [0.25, 0.3) is 0 Å². The van der Waals surface area contributed by atoms with Crippen LogP contribution in [0.15, 0.2) is 0 Å². The summed E-state index contributed by atoms with van der Waals surface area (Å²) in [5.74, 6) is 0. The fourth-order valence-corrected chi connectivity index (χ4v) is 0.979. The van der Waals surface area contributed by atoms with Crippen LogP contribution < -0.4 is 5.32 Å². The molecule has 0 atom stereocenters. The molecule has 1 aliphatic rings. The van der Waals surface area contributed by atoms with Gasteiger partial charge >= 0.3 is 0 Å². The molecule has 0 aromatic rings. The van der Waals surface area contributed by atoms with Crippen molar-refractivity contribution < 1.29 is 0 Å². The maximum atomic E-state index is 3.35. The highest BCUT2D eigenvalue weighted by atomic mass is 79.9. The standard InChI is InChI=1S/C6H13N.BrH/c1-2-4-6-7-5-3-1;/h7H,1-6H2;1H. The Kier molecular flexibility index (Phi) is 5.88. The lowest BCUT2D eigenvalue weighted by Crippen LogP contribution is -2.12. The van der Waals surface area contributed by atoms with E-state index in [2.05, 4.69) is 5.32 Å². The van der Waals surface area contributed by atoms with Gasteiger partial charge in [-0.1, -0.05) is 12.8 Å². The van der Waals surface area contributed by atoms with Gasteiger partial charge in [-0.2, -0.15) is 0 Å². The summed E-state index contributed by atoms with van der Waals surface area (Å²) in [7, 11) is 0. The topological polar surface area (TPSA) is 12.0 Å². The summed E-state index contributed by atoms with van der Waals surface area (Å²) >= 11 is 0.